The largest absolute Gasteiger partial charge is 0.444 e. The standard InChI is InChI=1S/C32H55N3O4/c1-11-13-14-15-19-35(30(37)27(20-22(3)4)34-31(38)39-32(8,9)10)28(29(36)33-25(7)16-12-2)26-18-17-23(5)21-24(26)6/h17-18,21-22,25,27-28H,11-16,19-20H2,1-10H3,(H,33,36)(H,34,38). The minimum atomic E-state index is -0.805. The molecule has 1 aromatic rings. The van der Waals surface area contributed by atoms with E-state index >= 15 is 0 Å². The molecule has 0 radical (unpaired) electrons. The average molecular weight is 546 g/mol. The van der Waals surface area contributed by atoms with E-state index in [0.717, 1.165) is 55.2 Å². The van der Waals surface area contributed by atoms with Crippen molar-refractivity contribution in [2.75, 3.05) is 6.54 Å². The van der Waals surface area contributed by atoms with E-state index < -0.39 is 23.8 Å². The van der Waals surface area contributed by atoms with E-state index in [9.17, 15) is 14.4 Å². The number of hydrogen-bond donors (Lipinski definition) is 2. The number of amides is 3. The van der Waals surface area contributed by atoms with Gasteiger partial charge in [-0.3, -0.25) is 9.59 Å². The normalized spacial score (nSPS) is 13.9. The highest BCUT2D eigenvalue weighted by Crippen LogP contribution is 2.28. The van der Waals surface area contributed by atoms with Crippen molar-refractivity contribution >= 4 is 17.9 Å². The van der Waals surface area contributed by atoms with Crippen LogP contribution in [0.1, 0.15) is 123 Å². The molecule has 0 aliphatic heterocycles. The minimum Gasteiger partial charge on any atom is -0.444 e. The number of carbonyl (C=O) groups is 3. The molecule has 0 fully saturated rings. The first-order chi connectivity index (χ1) is 18.2. The van der Waals surface area contributed by atoms with Crippen LogP contribution in [-0.2, 0) is 14.3 Å². The van der Waals surface area contributed by atoms with Gasteiger partial charge in [-0.15, -0.1) is 0 Å². The summed E-state index contributed by atoms with van der Waals surface area (Å²) in [5.74, 6) is -0.296. The summed E-state index contributed by atoms with van der Waals surface area (Å²) in [5, 5.41) is 6.00. The summed E-state index contributed by atoms with van der Waals surface area (Å²) in [4.78, 5) is 42.7. The molecule has 0 bridgehead atoms. The monoisotopic (exact) mass is 545 g/mol. The smallest absolute Gasteiger partial charge is 0.408 e. The fourth-order valence-corrected chi connectivity index (χ4v) is 4.83. The molecule has 3 unspecified atom stereocenters. The number of carbonyl (C=O) groups excluding carboxylic acids is 3. The van der Waals surface area contributed by atoms with Crippen molar-refractivity contribution in [1.29, 1.82) is 0 Å². The molecule has 0 aromatic heterocycles. The maximum Gasteiger partial charge on any atom is 0.408 e. The molecule has 0 aliphatic carbocycles. The third-order valence-corrected chi connectivity index (χ3v) is 6.62. The molecular weight excluding hydrogens is 490 g/mol. The summed E-state index contributed by atoms with van der Waals surface area (Å²) >= 11 is 0. The third-order valence-electron chi connectivity index (χ3n) is 6.62. The molecule has 0 spiro atoms. The Morgan fingerprint density at radius 3 is 2.15 bits per heavy atom. The highest BCUT2D eigenvalue weighted by Gasteiger charge is 2.37. The van der Waals surface area contributed by atoms with Crippen molar-refractivity contribution in [3.63, 3.8) is 0 Å². The van der Waals surface area contributed by atoms with E-state index in [2.05, 4.69) is 30.5 Å². The zero-order valence-electron chi connectivity index (χ0n) is 26.3. The Labute approximate surface area is 237 Å². The number of benzene rings is 1. The van der Waals surface area contributed by atoms with Gasteiger partial charge in [0.15, 0.2) is 0 Å². The van der Waals surface area contributed by atoms with Crippen LogP contribution in [0.15, 0.2) is 18.2 Å². The Bertz CT molecular complexity index is 922. The van der Waals surface area contributed by atoms with E-state index in [4.69, 9.17) is 4.74 Å². The van der Waals surface area contributed by atoms with Crippen LogP contribution in [0.2, 0.25) is 0 Å². The zero-order valence-corrected chi connectivity index (χ0v) is 26.3. The topological polar surface area (TPSA) is 87.7 Å². The lowest BCUT2D eigenvalue weighted by Crippen LogP contribution is -2.54. The van der Waals surface area contributed by atoms with Gasteiger partial charge < -0.3 is 20.3 Å². The molecule has 1 aromatic carbocycles. The predicted molar refractivity (Wildman–Crippen MR) is 160 cm³/mol. The second kappa shape index (κ2) is 16.5. The molecule has 39 heavy (non-hydrogen) atoms. The molecule has 1 rings (SSSR count). The van der Waals surface area contributed by atoms with Gasteiger partial charge in [0, 0.05) is 12.6 Å². The number of unbranched alkanes of at least 4 members (excludes halogenated alkanes) is 3. The van der Waals surface area contributed by atoms with Gasteiger partial charge in [0.05, 0.1) is 0 Å². The summed E-state index contributed by atoms with van der Waals surface area (Å²) in [6.45, 7) is 20.1. The summed E-state index contributed by atoms with van der Waals surface area (Å²) in [6.07, 6.45) is 5.48. The lowest BCUT2D eigenvalue weighted by atomic mass is 9.94. The number of nitrogens with one attached hydrogen (secondary N) is 2. The van der Waals surface area contributed by atoms with Gasteiger partial charge in [0.1, 0.15) is 17.7 Å². The summed E-state index contributed by atoms with van der Waals surface area (Å²) in [7, 11) is 0. The van der Waals surface area contributed by atoms with Crippen LogP contribution in [0.25, 0.3) is 0 Å². The molecule has 0 aliphatic rings. The lowest BCUT2D eigenvalue weighted by Gasteiger charge is -2.36. The van der Waals surface area contributed by atoms with Gasteiger partial charge in [-0.25, -0.2) is 4.79 Å². The number of rotatable bonds is 15. The fourth-order valence-electron chi connectivity index (χ4n) is 4.83. The molecule has 7 nitrogen and oxygen atoms in total. The molecule has 222 valence electrons. The Hall–Kier alpha value is -2.57. The van der Waals surface area contributed by atoms with E-state index in [0.29, 0.717) is 13.0 Å². The number of nitrogens with zero attached hydrogens (tertiary/aromatic N) is 1. The molecule has 3 atom stereocenters. The quantitative estimate of drug-likeness (QED) is 0.232. The molecule has 0 saturated carbocycles. The Morgan fingerprint density at radius 2 is 1.62 bits per heavy atom. The zero-order chi connectivity index (χ0) is 29.8. The van der Waals surface area contributed by atoms with Gasteiger partial charge in [0.2, 0.25) is 11.8 Å². The Balaban J connectivity index is 3.57. The highest BCUT2D eigenvalue weighted by atomic mass is 16.6. The number of aryl methyl sites for hydroxylation is 2. The third kappa shape index (κ3) is 12.4. The second-order valence-electron chi connectivity index (χ2n) is 12.4. The molecule has 7 heteroatoms. The molecular formula is C32H55N3O4. The van der Waals surface area contributed by atoms with Crippen LogP contribution in [0.5, 0.6) is 0 Å². The van der Waals surface area contributed by atoms with Crippen LogP contribution in [0, 0.1) is 19.8 Å². The van der Waals surface area contributed by atoms with Crippen molar-refractivity contribution in [3.05, 3.63) is 34.9 Å². The van der Waals surface area contributed by atoms with Gasteiger partial charge in [-0.1, -0.05) is 77.1 Å². The number of hydrogen-bond acceptors (Lipinski definition) is 4. The first kappa shape index (κ1) is 34.5. The van der Waals surface area contributed by atoms with Crippen LogP contribution in [0.3, 0.4) is 0 Å². The first-order valence-corrected chi connectivity index (χ1v) is 14.9. The van der Waals surface area contributed by atoms with Crippen LogP contribution >= 0.6 is 0 Å². The molecule has 0 saturated heterocycles. The molecule has 2 N–H and O–H groups in total. The van der Waals surface area contributed by atoms with E-state index in [1.54, 1.807) is 25.7 Å². The van der Waals surface area contributed by atoms with Gasteiger partial charge in [-0.2, -0.15) is 0 Å². The highest BCUT2D eigenvalue weighted by molar-refractivity contribution is 5.92. The number of ether oxygens (including phenoxy) is 1. The predicted octanol–water partition coefficient (Wildman–Crippen LogP) is 7.00. The van der Waals surface area contributed by atoms with Crippen molar-refractivity contribution in [1.82, 2.24) is 15.5 Å². The number of alkyl carbamates (subject to hydrolysis) is 1. The van der Waals surface area contributed by atoms with E-state index in [1.807, 2.05) is 46.8 Å². The van der Waals surface area contributed by atoms with Gasteiger partial charge in [0.25, 0.3) is 0 Å². The SMILES string of the molecule is CCCCCCN(C(=O)C(CC(C)C)NC(=O)OC(C)(C)C)C(C(=O)NC(C)CCC)c1ccc(C)cc1C. The Kier molecular flexibility index (Phi) is 14.6. The molecule has 0 heterocycles. The van der Waals surface area contributed by atoms with E-state index in [-0.39, 0.29) is 23.8 Å². The van der Waals surface area contributed by atoms with Gasteiger partial charge >= 0.3 is 6.09 Å². The van der Waals surface area contributed by atoms with Gasteiger partial charge in [-0.05, 0) is 77.8 Å². The van der Waals surface area contributed by atoms with Crippen molar-refractivity contribution in [2.24, 2.45) is 5.92 Å². The summed E-state index contributed by atoms with van der Waals surface area (Å²) in [6, 6.07) is 4.38. The van der Waals surface area contributed by atoms with Crippen LogP contribution in [0.4, 0.5) is 4.79 Å². The van der Waals surface area contributed by atoms with Crippen molar-refractivity contribution in [2.45, 2.75) is 138 Å². The van der Waals surface area contributed by atoms with Crippen LogP contribution < -0.4 is 10.6 Å². The van der Waals surface area contributed by atoms with Crippen molar-refractivity contribution in [3.8, 4) is 0 Å². The first-order valence-electron chi connectivity index (χ1n) is 14.9. The maximum absolute atomic E-state index is 14.3. The average Bonchev–Trinajstić information content (AvgIpc) is 2.79. The molecule has 3 amide bonds. The summed E-state index contributed by atoms with van der Waals surface area (Å²) < 4.78 is 5.50. The Morgan fingerprint density at radius 1 is 0.949 bits per heavy atom. The van der Waals surface area contributed by atoms with Crippen LogP contribution in [-0.4, -0.2) is 47.0 Å². The second-order valence-corrected chi connectivity index (χ2v) is 12.4. The maximum atomic E-state index is 14.3. The van der Waals surface area contributed by atoms with Crippen molar-refractivity contribution < 1.29 is 19.1 Å². The lowest BCUT2D eigenvalue weighted by molar-refractivity contribution is -0.143. The fraction of sp³-hybridized carbons (Fsp3) is 0.719. The summed E-state index contributed by atoms with van der Waals surface area (Å²) in [5.41, 5.74) is 2.18. The minimum absolute atomic E-state index is 0.0147. The van der Waals surface area contributed by atoms with E-state index in [1.165, 1.54) is 0 Å².